The molecule has 1 saturated heterocycles. The predicted octanol–water partition coefficient (Wildman–Crippen LogP) is 2.87. The lowest BCUT2D eigenvalue weighted by Gasteiger charge is -2.22. The van der Waals surface area contributed by atoms with Gasteiger partial charge in [-0.05, 0) is 42.3 Å². The first-order chi connectivity index (χ1) is 13.7. The molecule has 146 valence electrons. The van der Waals surface area contributed by atoms with Gasteiger partial charge in [0.2, 0.25) is 0 Å². The summed E-state index contributed by atoms with van der Waals surface area (Å²) in [7, 11) is 0. The smallest absolute Gasteiger partial charge is 0.321 e. The molecule has 1 atom stereocenters. The molecule has 2 N–H and O–H groups in total. The number of nitrogens with one attached hydrogen (secondary N) is 2. The van der Waals surface area contributed by atoms with Crippen LogP contribution in [0.1, 0.15) is 35.3 Å². The Morgan fingerprint density at radius 3 is 2.75 bits per heavy atom. The van der Waals surface area contributed by atoms with Gasteiger partial charge in [-0.1, -0.05) is 19.1 Å². The second kappa shape index (κ2) is 7.80. The number of fused-ring (bicyclic) bond motifs is 1. The lowest BCUT2D eigenvalue weighted by Crippen LogP contribution is -2.30. The number of rotatable bonds is 5. The Balaban J connectivity index is 1.51. The van der Waals surface area contributed by atoms with Gasteiger partial charge in [0.15, 0.2) is 11.5 Å². The minimum absolute atomic E-state index is 0.139. The maximum Gasteiger partial charge on any atom is 0.321 e. The van der Waals surface area contributed by atoms with Crippen molar-refractivity contribution in [2.45, 2.75) is 19.4 Å². The Labute approximate surface area is 163 Å². The summed E-state index contributed by atoms with van der Waals surface area (Å²) in [5.41, 5.74) is 2.21. The van der Waals surface area contributed by atoms with Crippen molar-refractivity contribution in [1.29, 1.82) is 0 Å². The molecule has 2 aliphatic heterocycles. The number of amides is 3. The average molecular weight is 381 g/mol. The molecule has 2 aromatic rings. The third kappa shape index (κ3) is 3.60. The SMILES string of the molecule is CCC(NC(=O)c1cccc(N2CCNC2=O)c1)c1ccc2c(c1)OCCO2. The summed E-state index contributed by atoms with van der Waals surface area (Å²) in [6, 6.07) is 12.6. The van der Waals surface area contributed by atoms with Crippen LogP contribution in [-0.2, 0) is 0 Å². The van der Waals surface area contributed by atoms with Crippen LogP contribution < -0.4 is 25.0 Å². The van der Waals surface area contributed by atoms with Crippen LogP contribution in [0.2, 0.25) is 0 Å². The Hall–Kier alpha value is -3.22. The van der Waals surface area contributed by atoms with Crippen molar-refractivity contribution in [2.75, 3.05) is 31.2 Å². The third-order valence-corrected chi connectivity index (χ3v) is 4.96. The van der Waals surface area contributed by atoms with Crippen LogP contribution in [0.25, 0.3) is 0 Å². The zero-order valence-electron chi connectivity index (χ0n) is 15.7. The van der Waals surface area contributed by atoms with Crippen LogP contribution in [0.4, 0.5) is 10.5 Å². The summed E-state index contributed by atoms with van der Waals surface area (Å²) in [6.45, 7) is 4.30. The summed E-state index contributed by atoms with van der Waals surface area (Å²) in [6.07, 6.45) is 0.736. The van der Waals surface area contributed by atoms with Crippen molar-refractivity contribution in [2.24, 2.45) is 0 Å². The number of urea groups is 1. The highest BCUT2D eigenvalue weighted by Crippen LogP contribution is 2.33. The van der Waals surface area contributed by atoms with Gasteiger partial charge in [-0.2, -0.15) is 0 Å². The summed E-state index contributed by atoms with van der Waals surface area (Å²) in [5, 5.41) is 5.85. The monoisotopic (exact) mass is 381 g/mol. The number of nitrogens with zero attached hydrogens (tertiary/aromatic N) is 1. The fraction of sp³-hybridized carbons (Fsp3) is 0.333. The van der Waals surface area contributed by atoms with E-state index >= 15 is 0 Å². The molecule has 1 unspecified atom stereocenters. The van der Waals surface area contributed by atoms with Gasteiger partial charge in [0.05, 0.1) is 6.04 Å². The van der Waals surface area contributed by atoms with E-state index < -0.39 is 0 Å². The van der Waals surface area contributed by atoms with E-state index in [-0.39, 0.29) is 18.0 Å². The fourth-order valence-corrected chi connectivity index (χ4v) is 3.47. The van der Waals surface area contributed by atoms with Gasteiger partial charge in [-0.25, -0.2) is 4.79 Å². The molecule has 3 amide bonds. The van der Waals surface area contributed by atoms with E-state index in [1.54, 1.807) is 23.1 Å². The Morgan fingerprint density at radius 2 is 2.00 bits per heavy atom. The van der Waals surface area contributed by atoms with E-state index in [1.165, 1.54) is 0 Å². The molecule has 2 heterocycles. The molecule has 7 nitrogen and oxygen atoms in total. The topological polar surface area (TPSA) is 79.9 Å². The van der Waals surface area contributed by atoms with Gasteiger partial charge < -0.3 is 20.1 Å². The number of ether oxygens (including phenoxy) is 2. The van der Waals surface area contributed by atoms with Crippen molar-refractivity contribution in [3.05, 3.63) is 53.6 Å². The molecule has 7 heteroatoms. The van der Waals surface area contributed by atoms with Gasteiger partial charge >= 0.3 is 6.03 Å². The van der Waals surface area contributed by atoms with Crippen LogP contribution in [0, 0.1) is 0 Å². The van der Waals surface area contributed by atoms with Crippen molar-refractivity contribution < 1.29 is 19.1 Å². The van der Waals surface area contributed by atoms with Gasteiger partial charge in [0, 0.05) is 24.3 Å². The van der Waals surface area contributed by atoms with E-state index in [0.29, 0.717) is 37.6 Å². The fourth-order valence-electron chi connectivity index (χ4n) is 3.47. The number of hydrogen-bond donors (Lipinski definition) is 2. The number of hydrogen-bond acceptors (Lipinski definition) is 4. The molecule has 1 fully saturated rings. The van der Waals surface area contributed by atoms with E-state index in [2.05, 4.69) is 10.6 Å². The number of carbonyl (C=O) groups excluding carboxylic acids is 2. The molecule has 28 heavy (non-hydrogen) atoms. The maximum absolute atomic E-state index is 12.8. The molecule has 0 spiro atoms. The average Bonchev–Trinajstić information content (AvgIpc) is 3.17. The van der Waals surface area contributed by atoms with Gasteiger partial charge in [-0.3, -0.25) is 9.69 Å². The minimum Gasteiger partial charge on any atom is -0.486 e. The highest BCUT2D eigenvalue weighted by Gasteiger charge is 2.23. The van der Waals surface area contributed by atoms with Crippen LogP contribution >= 0.6 is 0 Å². The van der Waals surface area contributed by atoms with Crippen LogP contribution in [0.5, 0.6) is 11.5 Å². The van der Waals surface area contributed by atoms with E-state index in [4.69, 9.17) is 9.47 Å². The number of benzene rings is 2. The van der Waals surface area contributed by atoms with Crippen LogP contribution in [-0.4, -0.2) is 38.2 Å². The standard InChI is InChI=1S/C21H23N3O4/c1-2-17(14-6-7-18-19(13-14)28-11-10-27-18)23-20(25)15-4-3-5-16(12-15)24-9-8-22-21(24)26/h3-7,12-13,17H,2,8-11H2,1H3,(H,22,26)(H,23,25). The first-order valence-electron chi connectivity index (χ1n) is 9.51. The van der Waals surface area contributed by atoms with Crippen LogP contribution in [0.15, 0.2) is 42.5 Å². The first-order valence-corrected chi connectivity index (χ1v) is 9.51. The summed E-state index contributed by atoms with van der Waals surface area (Å²) in [4.78, 5) is 26.3. The summed E-state index contributed by atoms with van der Waals surface area (Å²) < 4.78 is 11.2. The molecule has 2 aromatic carbocycles. The molecule has 2 aliphatic rings. The van der Waals surface area contributed by atoms with Crippen molar-refractivity contribution in [3.8, 4) is 11.5 Å². The van der Waals surface area contributed by atoms with Crippen LogP contribution in [0.3, 0.4) is 0 Å². The van der Waals surface area contributed by atoms with E-state index in [9.17, 15) is 9.59 Å². The lowest BCUT2D eigenvalue weighted by atomic mass is 10.0. The van der Waals surface area contributed by atoms with Crippen molar-refractivity contribution in [1.82, 2.24) is 10.6 Å². The molecule has 0 bridgehead atoms. The quantitative estimate of drug-likeness (QED) is 0.835. The number of carbonyl (C=O) groups is 2. The first kappa shape index (κ1) is 18.2. The molecule has 0 radical (unpaired) electrons. The summed E-state index contributed by atoms with van der Waals surface area (Å²) >= 11 is 0. The van der Waals surface area contributed by atoms with E-state index in [0.717, 1.165) is 23.4 Å². The highest BCUT2D eigenvalue weighted by atomic mass is 16.6. The van der Waals surface area contributed by atoms with E-state index in [1.807, 2.05) is 31.2 Å². The Morgan fingerprint density at radius 1 is 1.18 bits per heavy atom. The van der Waals surface area contributed by atoms with Gasteiger partial charge in [0.1, 0.15) is 13.2 Å². The van der Waals surface area contributed by atoms with Gasteiger partial charge in [0.25, 0.3) is 5.91 Å². The van der Waals surface area contributed by atoms with Crippen molar-refractivity contribution >= 4 is 17.6 Å². The van der Waals surface area contributed by atoms with Crippen molar-refractivity contribution in [3.63, 3.8) is 0 Å². The zero-order valence-corrected chi connectivity index (χ0v) is 15.7. The second-order valence-electron chi connectivity index (χ2n) is 6.77. The maximum atomic E-state index is 12.8. The molecule has 0 aromatic heterocycles. The third-order valence-electron chi connectivity index (χ3n) is 4.96. The molecule has 0 aliphatic carbocycles. The zero-order chi connectivity index (χ0) is 19.5. The second-order valence-corrected chi connectivity index (χ2v) is 6.77. The Kier molecular flexibility index (Phi) is 5.06. The number of anilines is 1. The van der Waals surface area contributed by atoms with Gasteiger partial charge in [-0.15, -0.1) is 0 Å². The molecular weight excluding hydrogens is 358 g/mol. The Bertz CT molecular complexity index is 899. The molecule has 4 rings (SSSR count). The largest absolute Gasteiger partial charge is 0.486 e. The molecule has 0 saturated carbocycles. The predicted molar refractivity (Wildman–Crippen MR) is 105 cm³/mol. The normalized spacial score (nSPS) is 16.5. The summed E-state index contributed by atoms with van der Waals surface area (Å²) in [5.74, 6) is 1.26. The minimum atomic E-state index is -0.178. The highest BCUT2D eigenvalue weighted by molar-refractivity contribution is 5.98. The lowest BCUT2D eigenvalue weighted by molar-refractivity contribution is 0.0935. The molecular formula is C21H23N3O4.